The number of nitrogens with zero attached hydrogens (tertiary/aromatic N) is 1. The number of rotatable bonds is 3. The third kappa shape index (κ3) is 2.71. The average Bonchev–Trinajstić information content (AvgIpc) is 2.82. The zero-order valence-electron chi connectivity index (χ0n) is 13.4. The molecule has 1 amide bonds. The highest BCUT2D eigenvalue weighted by molar-refractivity contribution is 5.98. The molecule has 0 radical (unpaired) electrons. The molecule has 0 saturated heterocycles. The van der Waals surface area contributed by atoms with Crippen molar-refractivity contribution in [2.75, 3.05) is 16.8 Å². The molecule has 1 aliphatic rings. The number of anilines is 2. The Balaban J connectivity index is 1.72. The second-order valence-corrected chi connectivity index (χ2v) is 6.12. The fourth-order valence-electron chi connectivity index (χ4n) is 3.21. The van der Waals surface area contributed by atoms with E-state index >= 15 is 0 Å². The highest BCUT2D eigenvalue weighted by atomic mass is 16.2. The van der Waals surface area contributed by atoms with Crippen LogP contribution in [0, 0.1) is 13.8 Å². The van der Waals surface area contributed by atoms with Crippen LogP contribution < -0.4 is 10.2 Å². The van der Waals surface area contributed by atoms with Crippen molar-refractivity contribution in [1.82, 2.24) is 0 Å². The van der Waals surface area contributed by atoms with E-state index in [1.165, 1.54) is 16.7 Å². The summed E-state index contributed by atoms with van der Waals surface area (Å²) in [5.41, 5.74) is 5.75. The van der Waals surface area contributed by atoms with Crippen molar-refractivity contribution in [3.8, 4) is 0 Å². The van der Waals surface area contributed by atoms with Crippen LogP contribution in [0.3, 0.4) is 0 Å². The van der Waals surface area contributed by atoms with Crippen LogP contribution in [-0.2, 0) is 11.2 Å². The Morgan fingerprint density at radius 1 is 1.23 bits per heavy atom. The van der Waals surface area contributed by atoms with Crippen molar-refractivity contribution in [1.29, 1.82) is 0 Å². The minimum absolute atomic E-state index is 0.123. The number of hydrogen-bond acceptors (Lipinski definition) is 2. The topological polar surface area (TPSA) is 32.3 Å². The van der Waals surface area contributed by atoms with E-state index in [4.69, 9.17) is 0 Å². The Kier molecular flexibility index (Phi) is 3.88. The normalized spacial score (nSPS) is 16.5. The monoisotopic (exact) mass is 294 g/mol. The van der Waals surface area contributed by atoms with E-state index in [1.807, 2.05) is 29.2 Å². The number of para-hydroxylation sites is 1. The number of benzene rings is 2. The average molecular weight is 294 g/mol. The van der Waals surface area contributed by atoms with Gasteiger partial charge in [-0.3, -0.25) is 4.79 Å². The molecule has 0 spiro atoms. The third-order valence-corrected chi connectivity index (χ3v) is 4.29. The molecule has 0 aliphatic carbocycles. The molecule has 1 N–H and O–H groups in total. The van der Waals surface area contributed by atoms with Gasteiger partial charge in [0, 0.05) is 17.4 Å². The molecule has 3 rings (SSSR count). The van der Waals surface area contributed by atoms with E-state index < -0.39 is 0 Å². The fourth-order valence-corrected chi connectivity index (χ4v) is 3.21. The Bertz CT molecular complexity index is 708. The first kappa shape index (κ1) is 14.6. The predicted molar refractivity (Wildman–Crippen MR) is 91.5 cm³/mol. The van der Waals surface area contributed by atoms with Crippen LogP contribution >= 0.6 is 0 Å². The van der Waals surface area contributed by atoms with Gasteiger partial charge >= 0.3 is 0 Å². The number of hydrogen-bond donors (Lipinski definition) is 1. The molecule has 0 bridgehead atoms. The minimum atomic E-state index is 0.123. The molecule has 0 aromatic heterocycles. The van der Waals surface area contributed by atoms with Crippen LogP contribution in [0.15, 0.2) is 42.5 Å². The molecule has 2 aromatic rings. The first-order valence-electron chi connectivity index (χ1n) is 7.77. The second kappa shape index (κ2) is 5.84. The second-order valence-electron chi connectivity index (χ2n) is 6.12. The zero-order valence-corrected chi connectivity index (χ0v) is 13.4. The van der Waals surface area contributed by atoms with Crippen molar-refractivity contribution < 1.29 is 4.79 Å². The van der Waals surface area contributed by atoms with Crippen LogP contribution in [0.25, 0.3) is 0 Å². The summed E-state index contributed by atoms with van der Waals surface area (Å²) in [4.78, 5) is 14.6. The van der Waals surface area contributed by atoms with Gasteiger partial charge in [0.1, 0.15) is 0 Å². The number of carbonyl (C=O) groups excluding carboxylic acids is 1. The van der Waals surface area contributed by atoms with Gasteiger partial charge in [0.15, 0.2) is 0 Å². The van der Waals surface area contributed by atoms with Crippen LogP contribution in [0.5, 0.6) is 0 Å². The lowest BCUT2D eigenvalue weighted by molar-refractivity contribution is -0.117. The summed E-state index contributed by atoms with van der Waals surface area (Å²) in [6.07, 6.45) is 0.936. The van der Waals surface area contributed by atoms with Gasteiger partial charge in [-0.15, -0.1) is 0 Å². The van der Waals surface area contributed by atoms with Gasteiger partial charge in [0.05, 0.1) is 6.54 Å². The molecule has 1 atom stereocenters. The number of amides is 1. The lowest BCUT2D eigenvalue weighted by Gasteiger charge is -2.23. The molecule has 114 valence electrons. The van der Waals surface area contributed by atoms with Gasteiger partial charge in [-0.1, -0.05) is 35.9 Å². The van der Waals surface area contributed by atoms with E-state index in [2.05, 4.69) is 44.3 Å². The summed E-state index contributed by atoms with van der Waals surface area (Å²) in [7, 11) is 0. The maximum absolute atomic E-state index is 12.6. The fraction of sp³-hybridized carbons (Fsp3) is 0.316. The van der Waals surface area contributed by atoms with Gasteiger partial charge in [0.2, 0.25) is 5.91 Å². The quantitative estimate of drug-likeness (QED) is 0.936. The summed E-state index contributed by atoms with van der Waals surface area (Å²) in [5.74, 6) is 0.123. The number of fused-ring (bicyclic) bond motifs is 1. The SMILES string of the molecule is Cc1ccc(NCC(=O)N2c3ccccc3C[C@H]2C)c(C)c1. The summed E-state index contributed by atoms with van der Waals surface area (Å²) in [6.45, 7) is 6.57. The molecule has 3 nitrogen and oxygen atoms in total. The van der Waals surface area contributed by atoms with Gasteiger partial charge < -0.3 is 10.2 Å². The summed E-state index contributed by atoms with van der Waals surface area (Å²) >= 11 is 0. The van der Waals surface area contributed by atoms with E-state index in [0.29, 0.717) is 6.54 Å². The first-order chi connectivity index (χ1) is 10.6. The molecular formula is C19H22N2O. The smallest absolute Gasteiger partial charge is 0.246 e. The molecule has 0 fully saturated rings. The highest BCUT2D eigenvalue weighted by Gasteiger charge is 2.30. The molecule has 1 aliphatic heterocycles. The Labute approximate surface area is 132 Å². The van der Waals surface area contributed by atoms with Gasteiger partial charge in [-0.05, 0) is 50.5 Å². The van der Waals surface area contributed by atoms with Crippen molar-refractivity contribution in [2.45, 2.75) is 33.2 Å². The molecule has 1 heterocycles. The minimum Gasteiger partial charge on any atom is -0.376 e. The maximum Gasteiger partial charge on any atom is 0.246 e. The number of carbonyl (C=O) groups is 1. The van der Waals surface area contributed by atoms with Crippen molar-refractivity contribution in [3.63, 3.8) is 0 Å². The van der Waals surface area contributed by atoms with Crippen LogP contribution in [0.4, 0.5) is 11.4 Å². The molecule has 3 heteroatoms. The van der Waals surface area contributed by atoms with E-state index in [0.717, 1.165) is 17.8 Å². The zero-order chi connectivity index (χ0) is 15.7. The van der Waals surface area contributed by atoms with Crippen LogP contribution in [0.1, 0.15) is 23.6 Å². The van der Waals surface area contributed by atoms with E-state index in [1.54, 1.807) is 0 Å². The molecule has 0 unspecified atom stereocenters. The maximum atomic E-state index is 12.6. The van der Waals surface area contributed by atoms with Gasteiger partial charge in [0.25, 0.3) is 0 Å². The van der Waals surface area contributed by atoms with Crippen molar-refractivity contribution >= 4 is 17.3 Å². The predicted octanol–water partition coefficient (Wildman–Crippen LogP) is 3.69. The number of aryl methyl sites for hydroxylation is 2. The molecule has 0 saturated carbocycles. The number of nitrogens with one attached hydrogen (secondary N) is 1. The standard InChI is InChI=1S/C19H22N2O/c1-13-8-9-17(14(2)10-13)20-12-19(22)21-15(3)11-16-6-4-5-7-18(16)21/h4-10,15,20H,11-12H2,1-3H3/t15-/m1/s1. The van der Waals surface area contributed by atoms with Crippen molar-refractivity contribution in [2.24, 2.45) is 0 Å². The molecule has 22 heavy (non-hydrogen) atoms. The first-order valence-corrected chi connectivity index (χ1v) is 7.77. The summed E-state index contributed by atoms with van der Waals surface area (Å²) < 4.78 is 0. The van der Waals surface area contributed by atoms with Crippen LogP contribution in [0.2, 0.25) is 0 Å². The summed E-state index contributed by atoms with van der Waals surface area (Å²) in [6, 6.07) is 14.6. The third-order valence-electron chi connectivity index (χ3n) is 4.29. The largest absolute Gasteiger partial charge is 0.376 e. The van der Waals surface area contributed by atoms with Gasteiger partial charge in [-0.25, -0.2) is 0 Å². The van der Waals surface area contributed by atoms with Crippen LogP contribution in [-0.4, -0.2) is 18.5 Å². The van der Waals surface area contributed by atoms with E-state index in [9.17, 15) is 4.79 Å². The lowest BCUT2D eigenvalue weighted by Crippen LogP contribution is -2.39. The Morgan fingerprint density at radius 2 is 2.00 bits per heavy atom. The molecule has 2 aromatic carbocycles. The summed E-state index contributed by atoms with van der Waals surface area (Å²) in [5, 5.41) is 3.28. The Morgan fingerprint density at radius 3 is 2.77 bits per heavy atom. The molecular weight excluding hydrogens is 272 g/mol. The highest BCUT2D eigenvalue weighted by Crippen LogP contribution is 2.31. The van der Waals surface area contributed by atoms with Gasteiger partial charge in [-0.2, -0.15) is 0 Å². The Hall–Kier alpha value is -2.29. The van der Waals surface area contributed by atoms with Crippen molar-refractivity contribution in [3.05, 3.63) is 59.2 Å². The lowest BCUT2D eigenvalue weighted by atomic mass is 10.1. The van der Waals surface area contributed by atoms with E-state index in [-0.39, 0.29) is 11.9 Å².